The van der Waals surface area contributed by atoms with Crippen molar-refractivity contribution in [1.82, 2.24) is 4.90 Å². The molecule has 23 heavy (non-hydrogen) atoms. The van der Waals surface area contributed by atoms with Crippen molar-refractivity contribution in [3.05, 3.63) is 35.9 Å². The molecule has 1 amide bonds. The predicted molar refractivity (Wildman–Crippen MR) is 86.2 cm³/mol. The Morgan fingerprint density at radius 1 is 1.09 bits per heavy atom. The Bertz CT molecular complexity index is 555. The second kappa shape index (κ2) is 8.46. The molecule has 5 heteroatoms. The molecular weight excluding hydrogens is 294 g/mol. The number of carbonyl (C=O) groups is 3. The zero-order valence-electron chi connectivity index (χ0n) is 13.2. The summed E-state index contributed by atoms with van der Waals surface area (Å²) in [5.41, 5.74) is 0.637. The molecule has 1 atom stereocenters. The fourth-order valence-corrected chi connectivity index (χ4v) is 3.00. The van der Waals surface area contributed by atoms with Gasteiger partial charge in [0.2, 0.25) is 5.91 Å². The first kappa shape index (κ1) is 17.2. The first-order valence-corrected chi connectivity index (χ1v) is 8.14. The second-order valence-electron chi connectivity index (χ2n) is 6.07. The maximum Gasteiger partial charge on any atom is 0.303 e. The number of ketones is 1. The van der Waals surface area contributed by atoms with Crippen LogP contribution in [0.5, 0.6) is 0 Å². The molecule has 1 heterocycles. The van der Waals surface area contributed by atoms with Gasteiger partial charge in [0.25, 0.3) is 0 Å². The number of Topliss-reactive ketones (excluding diaryl/α,β-unsaturated/α-hetero) is 1. The van der Waals surface area contributed by atoms with Crippen LogP contribution in [0.25, 0.3) is 0 Å². The van der Waals surface area contributed by atoms with Gasteiger partial charge < -0.3 is 10.0 Å². The van der Waals surface area contributed by atoms with Crippen molar-refractivity contribution in [3.63, 3.8) is 0 Å². The molecule has 1 saturated heterocycles. The first-order chi connectivity index (χ1) is 11.1. The molecule has 0 aromatic heterocycles. The molecule has 2 rings (SSSR count). The van der Waals surface area contributed by atoms with E-state index in [0.29, 0.717) is 25.1 Å². The third kappa shape index (κ3) is 5.51. The fraction of sp³-hybridized carbons (Fsp3) is 0.500. The average molecular weight is 317 g/mol. The van der Waals surface area contributed by atoms with Crippen molar-refractivity contribution in [2.24, 2.45) is 5.92 Å². The van der Waals surface area contributed by atoms with Gasteiger partial charge in [-0.05, 0) is 25.2 Å². The number of benzene rings is 1. The molecule has 0 saturated carbocycles. The van der Waals surface area contributed by atoms with Gasteiger partial charge in [0.15, 0.2) is 5.78 Å². The SMILES string of the molecule is O=C(O)CCC1CCCN(C(=O)CCC(=O)c2ccccc2)C1. The van der Waals surface area contributed by atoms with Crippen molar-refractivity contribution in [2.45, 2.75) is 38.5 Å². The Morgan fingerprint density at radius 3 is 2.52 bits per heavy atom. The van der Waals surface area contributed by atoms with Crippen molar-refractivity contribution in [3.8, 4) is 0 Å². The summed E-state index contributed by atoms with van der Waals surface area (Å²) < 4.78 is 0. The van der Waals surface area contributed by atoms with Crippen molar-refractivity contribution < 1.29 is 19.5 Å². The summed E-state index contributed by atoms with van der Waals surface area (Å²) in [6.07, 6.45) is 3.09. The number of nitrogens with zero attached hydrogens (tertiary/aromatic N) is 1. The Morgan fingerprint density at radius 2 is 1.83 bits per heavy atom. The van der Waals surface area contributed by atoms with Gasteiger partial charge in [-0.15, -0.1) is 0 Å². The fourth-order valence-electron chi connectivity index (χ4n) is 3.00. The second-order valence-corrected chi connectivity index (χ2v) is 6.07. The standard InChI is InChI=1S/C18H23NO4/c20-16(15-6-2-1-3-7-15)9-10-17(21)19-12-4-5-14(13-19)8-11-18(22)23/h1-3,6-7,14H,4-5,8-13H2,(H,22,23). The van der Waals surface area contributed by atoms with Crippen LogP contribution in [0.15, 0.2) is 30.3 Å². The summed E-state index contributed by atoms with van der Waals surface area (Å²) in [7, 11) is 0. The van der Waals surface area contributed by atoms with Crippen LogP contribution in [0.4, 0.5) is 0 Å². The Hall–Kier alpha value is -2.17. The van der Waals surface area contributed by atoms with E-state index in [1.165, 1.54) is 0 Å². The first-order valence-electron chi connectivity index (χ1n) is 8.14. The number of carboxylic acid groups (broad SMARTS) is 1. The quantitative estimate of drug-likeness (QED) is 0.785. The van der Waals surface area contributed by atoms with E-state index in [9.17, 15) is 14.4 Å². The Labute approximate surface area is 136 Å². The lowest BCUT2D eigenvalue weighted by Crippen LogP contribution is -2.40. The van der Waals surface area contributed by atoms with Gasteiger partial charge in [0.05, 0.1) is 0 Å². The van der Waals surface area contributed by atoms with E-state index in [0.717, 1.165) is 12.8 Å². The molecule has 0 aliphatic carbocycles. The van der Waals surface area contributed by atoms with Crippen molar-refractivity contribution in [2.75, 3.05) is 13.1 Å². The molecule has 0 radical (unpaired) electrons. The molecule has 1 aliphatic rings. The zero-order chi connectivity index (χ0) is 16.7. The molecule has 0 bridgehead atoms. The van der Waals surface area contributed by atoms with Gasteiger partial charge in [-0.1, -0.05) is 30.3 Å². The summed E-state index contributed by atoms with van der Waals surface area (Å²) in [6.45, 7) is 1.33. The molecule has 1 aliphatic heterocycles. The van der Waals surface area contributed by atoms with Gasteiger partial charge >= 0.3 is 5.97 Å². The average Bonchev–Trinajstić information content (AvgIpc) is 2.58. The lowest BCUT2D eigenvalue weighted by molar-refractivity contribution is -0.137. The number of aliphatic carboxylic acids is 1. The number of piperidine rings is 1. The van der Waals surface area contributed by atoms with Gasteiger partial charge in [-0.3, -0.25) is 14.4 Å². The van der Waals surface area contributed by atoms with E-state index in [4.69, 9.17) is 5.11 Å². The molecule has 1 fully saturated rings. The molecule has 1 aromatic rings. The van der Waals surface area contributed by atoms with Gasteiger partial charge in [0, 0.05) is 37.9 Å². The third-order valence-corrected chi connectivity index (χ3v) is 4.30. The molecule has 1 aromatic carbocycles. The summed E-state index contributed by atoms with van der Waals surface area (Å²) in [5, 5.41) is 8.75. The number of carboxylic acids is 1. The molecule has 1 N–H and O–H groups in total. The number of hydrogen-bond donors (Lipinski definition) is 1. The van der Waals surface area contributed by atoms with Gasteiger partial charge in [-0.25, -0.2) is 0 Å². The van der Waals surface area contributed by atoms with Crippen molar-refractivity contribution in [1.29, 1.82) is 0 Å². The Balaban J connectivity index is 1.78. The van der Waals surface area contributed by atoms with Crippen LogP contribution in [0.3, 0.4) is 0 Å². The van der Waals surface area contributed by atoms with Crippen LogP contribution < -0.4 is 0 Å². The number of amides is 1. The molecule has 1 unspecified atom stereocenters. The lowest BCUT2D eigenvalue weighted by atomic mass is 9.93. The normalized spacial score (nSPS) is 17.7. The number of rotatable bonds is 7. The number of likely N-dealkylation sites (tertiary alicyclic amines) is 1. The number of hydrogen-bond acceptors (Lipinski definition) is 3. The largest absolute Gasteiger partial charge is 0.481 e. The highest BCUT2D eigenvalue weighted by molar-refractivity contribution is 5.97. The van der Waals surface area contributed by atoms with Gasteiger partial charge in [-0.2, -0.15) is 0 Å². The van der Waals surface area contributed by atoms with Crippen LogP contribution in [0.1, 0.15) is 48.9 Å². The maximum atomic E-state index is 12.3. The highest BCUT2D eigenvalue weighted by Crippen LogP contribution is 2.22. The highest BCUT2D eigenvalue weighted by Gasteiger charge is 2.24. The zero-order valence-corrected chi connectivity index (χ0v) is 13.2. The van der Waals surface area contributed by atoms with Crippen molar-refractivity contribution >= 4 is 17.7 Å². The molecular formula is C18H23NO4. The summed E-state index contributed by atoms with van der Waals surface area (Å²) in [5.74, 6) is -0.553. The minimum absolute atomic E-state index is 0.00527. The maximum absolute atomic E-state index is 12.3. The summed E-state index contributed by atoms with van der Waals surface area (Å²) in [4.78, 5) is 36.8. The van der Waals surface area contributed by atoms with Crippen LogP contribution in [-0.2, 0) is 9.59 Å². The van der Waals surface area contributed by atoms with Crippen LogP contribution >= 0.6 is 0 Å². The molecule has 0 spiro atoms. The minimum Gasteiger partial charge on any atom is -0.481 e. The predicted octanol–water partition coefficient (Wildman–Crippen LogP) is 2.75. The smallest absolute Gasteiger partial charge is 0.303 e. The minimum atomic E-state index is -0.790. The van der Waals surface area contributed by atoms with E-state index in [-0.39, 0.29) is 36.9 Å². The lowest BCUT2D eigenvalue weighted by Gasteiger charge is -2.32. The van der Waals surface area contributed by atoms with Crippen LogP contribution in [-0.4, -0.2) is 40.8 Å². The topological polar surface area (TPSA) is 74.7 Å². The van der Waals surface area contributed by atoms with Gasteiger partial charge in [0.1, 0.15) is 0 Å². The number of carbonyl (C=O) groups excluding carboxylic acids is 2. The van der Waals surface area contributed by atoms with E-state index in [1.807, 2.05) is 18.2 Å². The van der Waals surface area contributed by atoms with E-state index >= 15 is 0 Å². The third-order valence-electron chi connectivity index (χ3n) is 4.30. The van der Waals surface area contributed by atoms with E-state index in [1.54, 1.807) is 17.0 Å². The van der Waals surface area contributed by atoms with Crippen LogP contribution in [0, 0.1) is 5.92 Å². The highest BCUT2D eigenvalue weighted by atomic mass is 16.4. The summed E-state index contributed by atoms with van der Waals surface area (Å²) >= 11 is 0. The molecule has 124 valence electrons. The van der Waals surface area contributed by atoms with E-state index in [2.05, 4.69) is 0 Å². The monoisotopic (exact) mass is 317 g/mol. The Kier molecular flexibility index (Phi) is 6.32. The van der Waals surface area contributed by atoms with E-state index < -0.39 is 5.97 Å². The van der Waals surface area contributed by atoms with Crippen LogP contribution in [0.2, 0.25) is 0 Å². The molecule has 5 nitrogen and oxygen atoms in total. The summed E-state index contributed by atoms with van der Waals surface area (Å²) in [6, 6.07) is 9.00.